The van der Waals surface area contributed by atoms with Crippen LogP contribution in [-0.4, -0.2) is 28.2 Å². The summed E-state index contributed by atoms with van der Waals surface area (Å²) in [6, 6.07) is 3.66. The molecule has 0 spiro atoms. The highest BCUT2D eigenvalue weighted by atomic mass is 16.3. The molecule has 0 fully saturated rings. The third-order valence-corrected chi connectivity index (χ3v) is 2.22. The highest BCUT2D eigenvalue weighted by Crippen LogP contribution is 2.10. The van der Waals surface area contributed by atoms with E-state index in [0.29, 0.717) is 5.69 Å². The molecule has 1 amide bonds. The average molecular weight is 210 g/mol. The summed E-state index contributed by atoms with van der Waals surface area (Å²) in [7, 11) is 0. The van der Waals surface area contributed by atoms with Crippen molar-refractivity contribution < 1.29 is 9.90 Å². The van der Waals surface area contributed by atoms with Gasteiger partial charge < -0.3 is 15.0 Å². The number of hydrogen-bond donors (Lipinski definition) is 2. The number of carbonyl (C=O) groups is 1. The van der Waals surface area contributed by atoms with Gasteiger partial charge in [0.05, 0.1) is 6.61 Å². The Morgan fingerprint density at radius 2 is 2.20 bits per heavy atom. The third-order valence-electron chi connectivity index (χ3n) is 2.22. The minimum absolute atomic E-state index is 0.0475. The molecule has 0 aromatic carbocycles. The molecule has 1 atom stereocenters. The third kappa shape index (κ3) is 2.83. The van der Waals surface area contributed by atoms with E-state index in [1.807, 2.05) is 30.7 Å². The van der Waals surface area contributed by atoms with Gasteiger partial charge in [-0.3, -0.25) is 4.79 Å². The SMILES string of the molecule is CC(C)n1cccc1C(=O)N[C@H](C)CO. The monoisotopic (exact) mass is 210 g/mol. The molecule has 15 heavy (non-hydrogen) atoms. The number of carbonyl (C=O) groups excluding carboxylic acids is 1. The van der Waals surface area contributed by atoms with Crippen molar-refractivity contribution >= 4 is 5.91 Å². The fraction of sp³-hybridized carbons (Fsp3) is 0.545. The molecule has 1 aromatic rings. The number of aliphatic hydroxyl groups excluding tert-OH is 1. The first-order chi connectivity index (χ1) is 7.06. The van der Waals surface area contributed by atoms with Crippen molar-refractivity contribution in [1.82, 2.24) is 9.88 Å². The van der Waals surface area contributed by atoms with Crippen molar-refractivity contribution in [3.63, 3.8) is 0 Å². The van der Waals surface area contributed by atoms with Crippen molar-refractivity contribution in [3.05, 3.63) is 24.0 Å². The molecular formula is C11H18N2O2. The van der Waals surface area contributed by atoms with Crippen molar-refractivity contribution in [2.45, 2.75) is 32.9 Å². The van der Waals surface area contributed by atoms with Crippen LogP contribution in [0.15, 0.2) is 18.3 Å². The van der Waals surface area contributed by atoms with Gasteiger partial charge in [0, 0.05) is 18.3 Å². The van der Waals surface area contributed by atoms with E-state index in [9.17, 15) is 4.79 Å². The number of nitrogens with zero attached hydrogens (tertiary/aromatic N) is 1. The van der Waals surface area contributed by atoms with E-state index in [0.717, 1.165) is 0 Å². The molecule has 1 aromatic heterocycles. The molecule has 0 radical (unpaired) electrons. The van der Waals surface area contributed by atoms with Crippen LogP contribution in [0.1, 0.15) is 37.3 Å². The lowest BCUT2D eigenvalue weighted by Crippen LogP contribution is -2.36. The maximum Gasteiger partial charge on any atom is 0.268 e. The summed E-state index contributed by atoms with van der Waals surface area (Å²) in [6.07, 6.45) is 1.88. The molecule has 84 valence electrons. The maximum absolute atomic E-state index is 11.8. The zero-order valence-electron chi connectivity index (χ0n) is 9.40. The van der Waals surface area contributed by atoms with E-state index in [2.05, 4.69) is 5.32 Å². The molecule has 2 N–H and O–H groups in total. The average Bonchev–Trinajstić information content (AvgIpc) is 2.65. The summed E-state index contributed by atoms with van der Waals surface area (Å²) >= 11 is 0. The molecule has 4 heteroatoms. The maximum atomic E-state index is 11.8. The van der Waals surface area contributed by atoms with Crippen LogP contribution < -0.4 is 5.32 Å². The van der Waals surface area contributed by atoms with E-state index < -0.39 is 0 Å². The molecular weight excluding hydrogens is 192 g/mol. The fourth-order valence-electron chi connectivity index (χ4n) is 1.38. The number of nitrogens with one attached hydrogen (secondary N) is 1. The van der Waals surface area contributed by atoms with Crippen molar-refractivity contribution in [3.8, 4) is 0 Å². The molecule has 0 aliphatic carbocycles. The number of aliphatic hydroxyl groups is 1. The van der Waals surface area contributed by atoms with Crippen LogP contribution in [-0.2, 0) is 0 Å². The van der Waals surface area contributed by atoms with E-state index in [1.54, 1.807) is 13.0 Å². The summed E-state index contributed by atoms with van der Waals surface area (Å²) in [4.78, 5) is 11.8. The quantitative estimate of drug-likeness (QED) is 0.784. The Morgan fingerprint density at radius 3 is 2.73 bits per heavy atom. The van der Waals surface area contributed by atoms with Crippen LogP contribution >= 0.6 is 0 Å². The van der Waals surface area contributed by atoms with E-state index in [4.69, 9.17) is 5.11 Å². The largest absolute Gasteiger partial charge is 0.394 e. The second kappa shape index (κ2) is 4.98. The Kier molecular flexibility index (Phi) is 3.91. The van der Waals surface area contributed by atoms with Crippen molar-refractivity contribution in [2.75, 3.05) is 6.61 Å². The standard InChI is InChI=1S/C11H18N2O2/c1-8(2)13-6-4-5-10(13)11(15)12-9(3)7-14/h4-6,8-9,14H,7H2,1-3H3,(H,12,15)/t9-/m1/s1. The van der Waals surface area contributed by atoms with Gasteiger partial charge in [-0.05, 0) is 32.9 Å². The van der Waals surface area contributed by atoms with Gasteiger partial charge in [-0.1, -0.05) is 0 Å². The highest BCUT2D eigenvalue weighted by Gasteiger charge is 2.13. The first-order valence-electron chi connectivity index (χ1n) is 5.14. The lowest BCUT2D eigenvalue weighted by Gasteiger charge is -2.15. The van der Waals surface area contributed by atoms with E-state index in [1.165, 1.54) is 0 Å². The minimum atomic E-state index is -0.215. The number of rotatable bonds is 4. The van der Waals surface area contributed by atoms with Crippen LogP contribution in [0.4, 0.5) is 0 Å². The smallest absolute Gasteiger partial charge is 0.268 e. The number of aromatic nitrogens is 1. The Morgan fingerprint density at radius 1 is 1.53 bits per heavy atom. The Labute approximate surface area is 89.9 Å². The molecule has 0 saturated carbocycles. The molecule has 1 heterocycles. The molecule has 4 nitrogen and oxygen atoms in total. The first kappa shape index (κ1) is 11.8. The van der Waals surface area contributed by atoms with Crippen LogP contribution in [0.3, 0.4) is 0 Å². The molecule has 0 aliphatic heterocycles. The van der Waals surface area contributed by atoms with Crippen LogP contribution in [0.25, 0.3) is 0 Å². The second-order valence-electron chi connectivity index (χ2n) is 3.95. The molecule has 1 rings (SSSR count). The number of amides is 1. The summed E-state index contributed by atoms with van der Waals surface area (Å²) in [5.74, 6) is -0.143. The zero-order chi connectivity index (χ0) is 11.4. The van der Waals surface area contributed by atoms with Gasteiger partial charge in [-0.25, -0.2) is 0 Å². The van der Waals surface area contributed by atoms with Gasteiger partial charge in [0.2, 0.25) is 0 Å². The van der Waals surface area contributed by atoms with Crippen molar-refractivity contribution in [2.24, 2.45) is 0 Å². The lowest BCUT2D eigenvalue weighted by atomic mass is 10.3. The van der Waals surface area contributed by atoms with Crippen LogP contribution in [0.5, 0.6) is 0 Å². The highest BCUT2D eigenvalue weighted by molar-refractivity contribution is 5.92. The van der Waals surface area contributed by atoms with Gasteiger partial charge in [0.1, 0.15) is 5.69 Å². The normalized spacial score (nSPS) is 12.9. The molecule has 0 unspecified atom stereocenters. The van der Waals surface area contributed by atoms with Gasteiger partial charge in [0.25, 0.3) is 5.91 Å². The Balaban J connectivity index is 2.77. The Bertz CT molecular complexity index is 331. The van der Waals surface area contributed by atoms with Crippen LogP contribution in [0, 0.1) is 0 Å². The molecule has 0 aliphatic rings. The molecule has 0 saturated heterocycles. The zero-order valence-corrected chi connectivity index (χ0v) is 9.40. The van der Waals surface area contributed by atoms with Crippen molar-refractivity contribution in [1.29, 1.82) is 0 Å². The summed E-state index contributed by atoms with van der Waals surface area (Å²) in [5, 5.41) is 11.6. The van der Waals surface area contributed by atoms with Gasteiger partial charge in [0.15, 0.2) is 0 Å². The predicted octanol–water partition coefficient (Wildman–Crippen LogP) is 1.18. The van der Waals surface area contributed by atoms with Gasteiger partial charge in [-0.2, -0.15) is 0 Å². The fourth-order valence-corrected chi connectivity index (χ4v) is 1.38. The summed E-state index contributed by atoms with van der Waals surface area (Å²) in [5.41, 5.74) is 0.630. The van der Waals surface area contributed by atoms with Gasteiger partial charge in [-0.15, -0.1) is 0 Å². The number of hydrogen-bond acceptors (Lipinski definition) is 2. The van der Waals surface area contributed by atoms with E-state index >= 15 is 0 Å². The lowest BCUT2D eigenvalue weighted by molar-refractivity contribution is 0.0911. The minimum Gasteiger partial charge on any atom is -0.394 e. The summed E-state index contributed by atoms with van der Waals surface area (Å²) < 4.78 is 1.90. The van der Waals surface area contributed by atoms with E-state index in [-0.39, 0.29) is 24.6 Å². The Hall–Kier alpha value is -1.29. The first-order valence-corrected chi connectivity index (χ1v) is 5.14. The predicted molar refractivity (Wildman–Crippen MR) is 58.8 cm³/mol. The van der Waals surface area contributed by atoms with Gasteiger partial charge >= 0.3 is 0 Å². The topological polar surface area (TPSA) is 54.3 Å². The molecule has 0 bridgehead atoms. The summed E-state index contributed by atoms with van der Waals surface area (Å²) in [6.45, 7) is 5.76. The van der Waals surface area contributed by atoms with Crippen LogP contribution in [0.2, 0.25) is 0 Å². The second-order valence-corrected chi connectivity index (χ2v) is 3.95.